The van der Waals surface area contributed by atoms with E-state index in [1.54, 1.807) is 23.1 Å². The molecule has 1 N–H and O–H groups in total. The number of imidazole rings is 1. The molecule has 0 spiro atoms. The molecule has 0 saturated carbocycles. The average Bonchev–Trinajstić information content (AvgIpc) is 3.36. The maximum absolute atomic E-state index is 13.8. The van der Waals surface area contributed by atoms with Gasteiger partial charge in [0, 0.05) is 49.2 Å². The number of nitrogens with zero attached hydrogens (tertiary/aromatic N) is 4. The van der Waals surface area contributed by atoms with Gasteiger partial charge in [0.1, 0.15) is 5.83 Å². The number of hydrogen-bond acceptors (Lipinski definition) is 4. The van der Waals surface area contributed by atoms with E-state index in [1.165, 1.54) is 6.08 Å². The van der Waals surface area contributed by atoms with Gasteiger partial charge in [0.05, 0.1) is 17.0 Å². The predicted molar refractivity (Wildman–Crippen MR) is 109 cm³/mol. The van der Waals surface area contributed by atoms with E-state index < -0.39 is 0 Å². The summed E-state index contributed by atoms with van der Waals surface area (Å²) >= 11 is 0. The third-order valence-corrected chi connectivity index (χ3v) is 5.27. The van der Waals surface area contributed by atoms with Crippen LogP contribution in [0, 0.1) is 5.92 Å². The van der Waals surface area contributed by atoms with E-state index in [0.29, 0.717) is 24.1 Å². The summed E-state index contributed by atoms with van der Waals surface area (Å²) in [5, 5.41) is 7.37. The highest BCUT2D eigenvalue weighted by Crippen LogP contribution is 2.31. The Labute approximate surface area is 168 Å². The first kappa shape index (κ1) is 17.5. The van der Waals surface area contributed by atoms with Crippen molar-refractivity contribution in [3.8, 4) is 0 Å². The van der Waals surface area contributed by atoms with Gasteiger partial charge in [-0.05, 0) is 30.7 Å². The van der Waals surface area contributed by atoms with Crippen LogP contribution in [-0.2, 0) is 6.42 Å². The molecule has 0 saturated heterocycles. The molecule has 3 aromatic heterocycles. The van der Waals surface area contributed by atoms with Gasteiger partial charge in [0.15, 0.2) is 5.65 Å². The molecule has 1 atom stereocenters. The Morgan fingerprint density at radius 2 is 2.21 bits per heavy atom. The van der Waals surface area contributed by atoms with Crippen LogP contribution in [0.2, 0.25) is 0 Å². The zero-order chi connectivity index (χ0) is 20.0. The average molecular weight is 389 g/mol. The number of halogens is 1. The lowest BCUT2D eigenvalue weighted by Crippen LogP contribution is -2.24. The van der Waals surface area contributed by atoms with Gasteiger partial charge in [0.2, 0.25) is 0 Å². The van der Waals surface area contributed by atoms with Crippen LogP contribution in [0.15, 0.2) is 66.5 Å². The van der Waals surface area contributed by atoms with E-state index in [4.69, 9.17) is 0 Å². The second-order valence-electron chi connectivity index (χ2n) is 7.27. The number of amides is 1. The van der Waals surface area contributed by atoms with E-state index in [0.717, 1.165) is 28.2 Å². The van der Waals surface area contributed by atoms with Gasteiger partial charge in [-0.3, -0.25) is 9.78 Å². The monoisotopic (exact) mass is 389 g/mol. The number of carbonyl (C=O) groups is 1. The number of fused-ring (bicyclic) bond motifs is 2. The molecule has 0 radical (unpaired) electrons. The maximum Gasteiger partial charge on any atom is 0.257 e. The first-order valence-corrected chi connectivity index (χ1v) is 9.47. The minimum absolute atomic E-state index is 0. The number of rotatable bonds is 3. The van der Waals surface area contributed by atoms with E-state index in [1.807, 2.05) is 31.2 Å². The highest BCUT2D eigenvalue weighted by Gasteiger charge is 2.21. The van der Waals surface area contributed by atoms with E-state index in [2.05, 4.69) is 26.5 Å². The van der Waals surface area contributed by atoms with Gasteiger partial charge in [-0.1, -0.05) is 19.1 Å². The van der Waals surface area contributed by atoms with Gasteiger partial charge >= 0.3 is 0 Å². The van der Waals surface area contributed by atoms with Crippen molar-refractivity contribution in [3.63, 3.8) is 0 Å². The topological polar surface area (TPSA) is 72.2 Å². The molecule has 29 heavy (non-hydrogen) atoms. The summed E-state index contributed by atoms with van der Waals surface area (Å²) in [6.45, 7) is 1.81. The molecule has 146 valence electrons. The number of nitrogens with one attached hydrogen (secondary N) is 1. The van der Waals surface area contributed by atoms with Crippen molar-refractivity contribution in [2.45, 2.75) is 19.8 Å². The van der Waals surface area contributed by atoms with Gasteiger partial charge in [0.25, 0.3) is 5.91 Å². The lowest BCUT2D eigenvalue weighted by atomic mass is 10.00. The Morgan fingerprint density at radius 1 is 1.31 bits per heavy atom. The second kappa shape index (κ2) is 6.77. The van der Waals surface area contributed by atoms with Crippen LogP contribution in [0.4, 0.5) is 4.39 Å². The van der Waals surface area contributed by atoms with Gasteiger partial charge in [-0.2, -0.15) is 5.10 Å². The molecule has 0 aliphatic heterocycles. The standard InChI is InChI=1S/C22H18FN5O.H2/c1-13-2-3-15(11-18(13)23)26-22(29)14-10-17-16(4-5-19(17)25-12-14)20-6-7-21-24-8-9-28(21)27-20;/h3-4,6-13H,2,5H2,1H3,(H,26,29);1H. The lowest BCUT2D eigenvalue weighted by Gasteiger charge is -2.15. The predicted octanol–water partition coefficient (Wildman–Crippen LogP) is 3.87. The smallest absolute Gasteiger partial charge is 0.257 e. The zero-order valence-corrected chi connectivity index (χ0v) is 15.8. The Bertz CT molecular complexity index is 1240. The molecule has 2 aliphatic rings. The van der Waals surface area contributed by atoms with E-state index in [-0.39, 0.29) is 19.1 Å². The van der Waals surface area contributed by atoms with Crippen LogP contribution >= 0.6 is 0 Å². The fourth-order valence-electron chi connectivity index (χ4n) is 3.58. The molecule has 1 unspecified atom stereocenters. The van der Waals surface area contributed by atoms with Crippen LogP contribution in [0.25, 0.3) is 11.2 Å². The van der Waals surface area contributed by atoms with Gasteiger partial charge in [-0.15, -0.1) is 0 Å². The Hall–Kier alpha value is -3.61. The fraction of sp³-hybridized carbons (Fsp3) is 0.182. The number of allylic oxidation sites excluding steroid dienone is 4. The molecule has 2 aliphatic carbocycles. The summed E-state index contributed by atoms with van der Waals surface area (Å²) in [4.78, 5) is 21.4. The lowest BCUT2D eigenvalue weighted by molar-refractivity contribution is 0.0966. The fourth-order valence-corrected chi connectivity index (χ4v) is 3.58. The van der Waals surface area contributed by atoms with Crippen molar-refractivity contribution in [2.75, 3.05) is 0 Å². The van der Waals surface area contributed by atoms with Crippen LogP contribution in [-0.4, -0.2) is 25.5 Å². The van der Waals surface area contributed by atoms with Gasteiger partial charge in [-0.25, -0.2) is 13.9 Å². The molecule has 0 aromatic carbocycles. The largest absolute Gasteiger partial charge is 0.322 e. The summed E-state index contributed by atoms with van der Waals surface area (Å²) in [5.74, 6) is -0.680. The van der Waals surface area contributed by atoms with Crippen LogP contribution < -0.4 is 5.32 Å². The third kappa shape index (κ3) is 3.14. The highest BCUT2D eigenvalue weighted by atomic mass is 19.1. The molecular weight excluding hydrogens is 369 g/mol. The van der Waals surface area contributed by atoms with Gasteiger partial charge < -0.3 is 5.32 Å². The van der Waals surface area contributed by atoms with Crippen LogP contribution in [0.1, 0.15) is 42.1 Å². The summed E-state index contributed by atoms with van der Waals surface area (Å²) < 4.78 is 15.5. The minimum atomic E-state index is -0.311. The third-order valence-electron chi connectivity index (χ3n) is 5.27. The first-order chi connectivity index (χ1) is 14.1. The summed E-state index contributed by atoms with van der Waals surface area (Å²) in [5.41, 5.74) is 5.20. The SMILES string of the molecule is CC1CC=C(NC(=O)c2cnc3c(c2)C(c2ccc4nccn4n2)=CC3)C=C1F.[HH]. The van der Waals surface area contributed by atoms with Crippen molar-refractivity contribution in [1.82, 2.24) is 24.9 Å². The van der Waals surface area contributed by atoms with Crippen molar-refractivity contribution >= 4 is 17.1 Å². The van der Waals surface area contributed by atoms with E-state index in [9.17, 15) is 9.18 Å². The zero-order valence-electron chi connectivity index (χ0n) is 15.8. The van der Waals surface area contributed by atoms with Crippen molar-refractivity contribution in [2.24, 2.45) is 5.92 Å². The number of aromatic nitrogens is 4. The van der Waals surface area contributed by atoms with Crippen molar-refractivity contribution < 1.29 is 10.6 Å². The van der Waals surface area contributed by atoms with Crippen molar-refractivity contribution in [3.05, 3.63) is 89.1 Å². The summed E-state index contributed by atoms with van der Waals surface area (Å²) in [6.07, 6.45) is 11.6. The van der Waals surface area contributed by atoms with E-state index >= 15 is 0 Å². The summed E-state index contributed by atoms with van der Waals surface area (Å²) in [7, 11) is 0. The van der Waals surface area contributed by atoms with Crippen molar-refractivity contribution in [1.29, 1.82) is 0 Å². The molecular formula is C22H20FN5O. The molecule has 3 aromatic rings. The maximum atomic E-state index is 13.8. The van der Waals surface area contributed by atoms with Crippen LogP contribution in [0.5, 0.6) is 0 Å². The Balaban J connectivity index is 0.00000218. The Morgan fingerprint density at radius 3 is 3.07 bits per heavy atom. The molecule has 0 fully saturated rings. The molecule has 7 heteroatoms. The second-order valence-corrected chi connectivity index (χ2v) is 7.27. The normalized spacial score (nSPS) is 18.1. The summed E-state index contributed by atoms with van der Waals surface area (Å²) in [6, 6.07) is 5.64. The minimum Gasteiger partial charge on any atom is -0.322 e. The quantitative estimate of drug-likeness (QED) is 0.738. The number of pyridine rings is 1. The first-order valence-electron chi connectivity index (χ1n) is 9.47. The Kier molecular flexibility index (Phi) is 4.08. The molecule has 5 rings (SSSR count). The molecule has 3 heterocycles. The highest BCUT2D eigenvalue weighted by molar-refractivity contribution is 5.97. The molecule has 1 amide bonds. The molecule has 0 bridgehead atoms. The number of carbonyl (C=O) groups excluding carboxylic acids is 1. The number of hydrogen-bond donors (Lipinski definition) is 1. The van der Waals surface area contributed by atoms with Crippen LogP contribution in [0.3, 0.4) is 0 Å². The molecule has 6 nitrogen and oxygen atoms in total.